The average Bonchev–Trinajstić information content (AvgIpc) is 2.53. The Morgan fingerprint density at radius 2 is 1.76 bits per heavy atom. The fourth-order valence-corrected chi connectivity index (χ4v) is 2.21. The smallest absolute Gasteiger partial charge is 0.252 e. The maximum Gasteiger partial charge on any atom is 0.252 e. The van der Waals surface area contributed by atoms with Crippen LogP contribution in [0.15, 0.2) is 36.4 Å². The molecule has 0 unspecified atom stereocenters. The van der Waals surface area contributed by atoms with Crippen molar-refractivity contribution < 1.29 is 19.4 Å². The highest BCUT2D eigenvalue weighted by Gasteiger charge is 2.29. The zero-order valence-corrected chi connectivity index (χ0v) is 11.8. The van der Waals surface area contributed by atoms with Crippen molar-refractivity contribution in [3.05, 3.63) is 47.8 Å². The summed E-state index contributed by atoms with van der Waals surface area (Å²) in [5.41, 5.74) is -0.765. The van der Waals surface area contributed by atoms with Gasteiger partial charge in [0.1, 0.15) is 5.82 Å². The van der Waals surface area contributed by atoms with Crippen LogP contribution in [0.25, 0.3) is 10.8 Å². The molecule has 3 N–H and O–H groups in total. The molecule has 4 nitrogen and oxygen atoms in total. The molecule has 1 amide bonds. The molecule has 0 radical (unpaired) electrons. The summed E-state index contributed by atoms with van der Waals surface area (Å²) in [7, 11) is 0. The summed E-state index contributed by atoms with van der Waals surface area (Å²) in [4.78, 5) is 12.4. The number of rotatable bonds is 5. The Kier molecular flexibility index (Phi) is 4.55. The van der Waals surface area contributed by atoms with Crippen LogP contribution >= 0.6 is 0 Å². The van der Waals surface area contributed by atoms with E-state index in [9.17, 15) is 19.4 Å². The van der Waals surface area contributed by atoms with Crippen LogP contribution in [-0.2, 0) is 0 Å². The number of benzene rings is 2. The number of carbonyl (C=O) groups is 1. The van der Waals surface area contributed by atoms with E-state index in [1.54, 1.807) is 31.2 Å². The average molecular weight is 291 g/mol. The zero-order valence-electron chi connectivity index (χ0n) is 11.8. The molecule has 2 aromatic rings. The normalized spacial score (nSPS) is 11.6. The number of aliphatic hydroxyl groups excluding tert-OH is 2. The molecule has 0 saturated heterocycles. The molecular formula is C16H18FNO3. The molecule has 0 bridgehead atoms. The standard InChI is InChI=1S/C16H18FNO3/c1-2-16(9-19,10-20)18-15(21)13-7-8-14(17)12-6-4-3-5-11(12)13/h3-8,19-20H,2,9-10H2,1H3,(H,18,21). The van der Waals surface area contributed by atoms with Crippen molar-refractivity contribution in [2.24, 2.45) is 0 Å². The van der Waals surface area contributed by atoms with Crippen LogP contribution in [0.3, 0.4) is 0 Å². The van der Waals surface area contributed by atoms with Crippen molar-refractivity contribution in [2.45, 2.75) is 18.9 Å². The van der Waals surface area contributed by atoms with Crippen LogP contribution in [0.5, 0.6) is 0 Å². The lowest BCUT2D eigenvalue weighted by atomic mass is 9.96. The minimum absolute atomic E-state index is 0.312. The van der Waals surface area contributed by atoms with Crippen molar-refractivity contribution in [3.63, 3.8) is 0 Å². The van der Waals surface area contributed by atoms with E-state index in [4.69, 9.17) is 0 Å². The maximum absolute atomic E-state index is 13.8. The van der Waals surface area contributed by atoms with Crippen LogP contribution in [-0.4, -0.2) is 34.9 Å². The van der Waals surface area contributed by atoms with E-state index in [0.717, 1.165) is 0 Å². The van der Waals surface area contributed by atoms with Crippen LogP contribution in [0.1, 0.15) is 23.7 Å². The van der Waals surface area contributed by atoms with Gasteiger partial charge in [-0.1, -0.05) is 31.2 Å². The minimum Gasteiger partial charge on any atom is -0.394 e. The van der Waals surface area contributed by atoms with Gasteiger partial charge in [-0.25, -0.2) is 4.39 Å². The number of halogens is 1. The van der Waals surface area contributed by atoms with Crippen molar-refractivity contribution in [1.82, 2.24) is 5.32 Å². The Hall–Kier alpha value is -1.98. The van der Waals surface area contributed by atoms with E-state index in [-0.39, 0.29) is 13.2 Å². The summed E-state index contributed by atoms with van der Waals surface area (Å²) in [6.07, 6.45) is 0.380. The third-order valence-corrected chi connectivity index (χ3v) is 3.78. The fraction of sp³-hybridized carbons (Fsp3) is 0.312. The maximum atomic E-state index is 13.8. The van der Waals surface area contributed by atoms with E-state index in [2.05, 4.69) is 5.32 Å². The number of aliphatic hydroxyl groups is 2. The molecule has 112 valence electrons. The summed E-state index contributed by atoms with van der Waals surface area (Å²) in [6, 6.07) is 9.34. The largest absolute Gasteiger partial charge is 0.394 e. The first-order chi connectivity index (χ1) is 10.1. The number of hydrogen-bond donors (Lipinski definition) is 3. The monoisotopic (exact) mass is 291 g/mol. The molecule has 0 spiro atoms. The van der Waals surface area contributed by atoms with Gasteiger partial charge in [-0.15, -0.1) is 0 Å². The van der Waals surface area contributed by atoms with Gasteiger partial charge in [-0.3, -0.25) is 4.79 Å². The highest BCUT2D eigenvalue weighted by molar-refractivity contribution is 6.07. The third-order valence-electron chi connectivity index (χ3n) is 3.78. The first-order valence-electron chi connectivity index (χ1n) is 6.78. The Morgan fingerprint density at radius 1 is 1.14 bits per heavy atom. The van der Waals surface area contributed by atoms with Gasteiger partial charge in [-0.05, 0) is 23.9 Å². The molecule has 0 saturated carbocycles. The second kappa shape index (κ2) is 6.20. The molecule has 0 atom stereocenters. The van der Waals surface area contributed by atoms with Crippen molar-refractivity contribution in [1.29, 1.82) is 0 Å². The van der Waals surface area contributed by atoms with Gasteiger partial charge in [0.25, 0.3) is 5.91 Å². The van der Waals surface area contributed by atoms with Crippen LogP contribution < -0.4 is 5.32 Å². The van der Waals surface area contributed by atoms with Crippen LogP contribution in [0, 0.1) is 5.82 Å². The number of hydrogen-bond acceptors (Lipinski definition) is 3. The predicted molar refractivity (Wildman–Crippen MR) is 78.6 cm³/mol. The molecule has 0 aliphatic rings. The highest BCUT2D eigenvalue weighted by Crippen LogP contribution is 2.22. The summed E-state index contributed by atoms with van der Waals surface area (Å²) in [6.45, 7) is 1.02. The van der Waals surface area contributed by atoms with Gasteiger partial charge in [0.05, 0.1) is 18.8 Å². The molecule has 0 aliphatic carbocycles. The van der Waals surface area contributed by atoms with Crippen LogP contribution in [0.4, 0.5) is 4.39 Å². The summed E-state index contributed by atoms with van der Waals surface area (Å²) < 4.78 is 13.8. The molecule has 0 fully saturated rings. The topological polar surface area (TPSA) is 69.6 Å². The van der Waals surface area contributed by atoms with E-state index in [1.165, 1.54) is 12.1 Å². The molecule has 2 rings (SSSR count). The summed E-state index contributed by atoms with van der Waals surface area (Å²) in [5.74, 6) is -0.843. The Labute approximate surface area is 122 Å². The Balaban J connectivity index is 2.43. The van der Waals surface area contributed by atoms with Gasteiger partial charge >= 0.3 is 0 Å². The molecule has 21 heavy (non-hydrogen) atoms. The van der Waals surface area contributed by atoms with Crippen molar-refractivity contribution in [2.75, 3.05) is 13.2 Å². The molecular weight excluding hydrogens is 273 g/mol. The molecule has 0 heterocycles. The molecule has 0 aliphatic heterocycles. The second-order valence-corrected chi connectivity index (χ2v) is 5.04. The van der Waals surface area contributed by atoms with Crippen molar-refractivity contribution >= 4 is 16.7 Å². The number of fused-ring (bicyclic) bond motifs is 1. The lowest BCUT2D eigenvalue weighted by Crippen LogP contribution is -2.53. The lowest BCUT2D eigenvalue weighted by molar-refractivity contribution is 0.0654. The second-order valence-electron chi connectivity index (χ2n) is 5.04. The van der Waals surface area contributed by atoms with Gasteiger partial charge in [0.2, 0.25) is 0 Å². The van der Waals surface area contributed by atoms with Crippen LogP contribution in [0.2, 0.25) is 0 Å². The summed E-state index contributed by atoms with van der Waals surface area (Å²) in [5, 5.41) is 22.3. The molecule has 2 aromatic carbocycles. The number of carbonyl (C=O) groups excluding carboxylic acids is 1. The predicted octanol–water partition coefficient (Wildman–Crippen LogP) is 1.84. The Bertz CT molecular complexity index is 645. The van der Waals surface area contributed by atoms with Crippen molar-refractivity contribution in [3.8, 4) is 0 Å². The molecule has 0 aromatic heterocycles. The highest BCUT2D eigenvalue weighted by atomic mass is 19.1. The van der Waals surface area contributed by atoms with Gasteiger partial charge < -0.3 is 15.5 Å². The van der Waals surface area contributed by atoms with E-state index in [1.807, 2.05) is 0 Å². The zero-order chi connectivity index (χ0) is 15.5. The first kappa shape index (κ1) is 15.4. The summed E-state index contributed by atoms with van der Waals surface area (Å²) >= 11 is 0. The quantitative estimate of drug-likeness (QED) is 0.787. The minimum atomic E-state index is -1.08. The Morgan fingerprint density at radius 3 is 2.33 bits per heavy atom. The van der Waals surface area contributed by atoms with E-state index in [0.29, 0.717) is 22.8 Å². The SMILES string of the molecule is CCC(CO)(CO)NC(=O)c1ccc(F)c2ccccc12. The van der Waals surface area contributed by atoms with Gasteiger partial charge in [-0.2, -0.15) is 0 Å². The molecule has 5 heteroatoms. The fourth-order valence-electron chi connectivity index (χ4n) is 2.21. The lowest BCUT2D eigenvalue weighted by Gasteiger charge is -2.29. The van der Waals surface area contributed by atoms with Gasteiger partial charge in [0.15, 0.2) is 0 Å². The third kappa shape index (κ3) is 2.89. The van der Waals surface area contributed by atoms with E-state index >= 15 is 0 Å². The van der Waals surface area contributed by atoms with Gasteiger partial charge in [0, 0.05) is 10.9 Å². The number of amides is 1. The van der Waals surface area contributed by atoms with E-state index < -0.39 is 17.3 Å². The number of nitrogens with one attached hydrogen (secondary N) is 1. The first-order valence-corrected chi connectivity index (χ1v) is 6.78.